The number of nitrogens with zero attached hydrogens (tertiary/aromatic N) is 2. The van der Waals surface area contributed by atoms with Crippen molar-refractivity contribution in [3.8, 4) is 0 Å². The first kappa shape index (κ1) is 11.0. The number of carboxylic acid groups (broad SMARTS) is 1. The van der Waals surface area contributed by atoms with Crippen molar-refractivity contribution in [3.63, 3.8) is 0 Å². The summed E-state index contributed by atoms with van der Waals surface area (Å²) in [7, 11) is 0. The Kier molecular flexibility index (Phi) is 6.12. The molecule has 0 heterocycles. The van der Waals surface area contributed by atoms with Gasteiger partial charge in [-0.1, -0.05) is 5.18 Å². The molecule has 70 valence electrons. The average Bonchev–Trinajstić information content (AvgIpc) is 2.00. The fourth-order valence-corrected chi connectivity index (χ4v) is 0.785. The maximum atomic E-state index is 10.2. The molecule has 6 nitrogen and oxygen atoms in total. The second-order valence-corrected chi connectivity index (χ2v) is 2.25. The van der Waals surface area contributed by atoms with E-state index in [2.05, 4.69) is 5.18 Å². The summed E-state index contributed by atoms with van der Waals surface area (Å²) in [6, 6.07) is 0. The molecule has 0 aliphatic rings. The van der Waals surface area contributed by atoms with E-state index < -0.39 is 5.97 Å². The molecule has 12 heavy (non-hydrogen) atoms. The zero-order chi connectivity index (χ0) is 9.40. The number of hydrogen-bond donors (Lipinski definition) is 2. The van der Waals surface area contributed by atoms with E-state index in [4.69, 9.17) is 10.2 Å². The summed E-state index contributed by atoms with van der Waals surface area (Å²) >= 11 is 0. The SMILES string of the molecule is O=NCCN(CCO)CC(=O)O. The van der Waals surface area contributed by atoms with E-state index in [1.807, 2.05) is 0 Å². The zero-order valence-electron chi connectivity index (χ0n) is 6.64. The van der Waals surface area contributed by atoms with E-state index >= 15 is 0 Å². The van der Waals surface area contributed by atoms with Crippen molar-refractivity contribution >= 4 is 5.97 Å². The molecule has 0 radical (unpaired) electrons. The fourth-order valence-electron chi connectivity index (χ4n) is 0.785. The Morgan fingerprint density at radius 2 is 2.08 bits per heavy atom. The molecule has 0 aliphatic carbocycles. The molecule has 0 aromatic heterocycles. The van der Waals surface area contributed by atoms with Gasteiger partial charge in [0, 0.05) is 13.1 Å². The molecular formula is C6H12N2O4. The monoisotopic (exact) mass is 176 g/mol. The van der Waals surface area contributed by atoms with Crippen molar-refractivity contribution in [1.82, 2.24) is 4.90 Å². The molecule has 0 unspecified atom stereocenters. The van der Waals surface area contributed by atoms with Crippen molar-refractivity contribution in [3.05, 3.63) is 4.91 Å². The number of rotatable bonds is 7. The third kappa shape index (κ3) is 5.75. The van der Waals surface area contributed by atoms with Crippen LogP contribution in [0.15, 0.2) is 5.18 Å². The first-order valence-electron chi connectivity index (χ1n) is 3.54. The molecular weight excluding hydrogens is 164 g/mol. The Balaban J connectivity index is 3.68. The zero-order valence-corrected chi connectivity index (χ0v) is 6.64. The molecule has 0 rings (SSSR count). The van der Waals surface area contributed by atoms with Crippen LogP contribution in [0.2, 0.25) is 0 Å². The first-order chi connectivity index (χ1) is 5.70. The Hall–Kier alpha value is -1.01. The number of hydrogen-bond acceptors (Lipinski definition) is 5. The molecule has 0 saturated heterocycles. The summed E-state index contributed by atoms with van der Waals surface area (Å²) in [5, 5.41) is 19.5. The standard InChI is InChI=1S/C6H12N2O4/c9-4-3-8(2-1-7-12)5-6(10)11/h9H,1-5H2,(H,10,11). The molecule has 0 aromatic carbocycles. The number of nitroso groups, excluding NO2 is 1. The van der Waals surface area contributed by atoms with Crippen LogP contribution >= 0.6 is 0 Å². The minimum absolute atomic E-state index is 0.0489. The Morgan fingerprint density at radius 1 is 1.42 bits per heavy atom. The number of aliphatic carboxylic acids is 1. The molecule has 0 amide bonds. The predicted molar refractivity (Wildman–Crippen MR) is 41.8 cm³/mol. The van der Waals surface area contributed by atoms with Gasteiger partial charge in [-0.2, -0.15) is 4.91 Å². The first-order valence-corrected chi connectivity index (χ1v) is 3.54. The summed E-state index contributed by atoms with van der Waals surface area (Å²) in [6.07, 6.45) is 0. The normalized spacial score (nSPS) is 10.2. The number of carbonyl (C=O) groups is 1. The van der Waals surface area contributed by atoms with Crippen LogP contribution in [0.5, 0.6) is 0 Å². The minimum atomic E-state index is -0.977. The van der Waals surface area contributed by atoms with E-state index in [0.717, 1.165) is 0 Å². The van der Waals surface area contributed by atoms with Crippen LogP contribution in [0, 0.1) is 4.91 Å². The van der Waals surface area contributed by atoms with Gasteiger partial charge < -0.3 is 10.2 Å². The van der Waals surface area contributed by atoms with Crippen molar-refractivity contribution in [2.45, 2.75) is 0 Å². The summed E-state index contributed by atoms with van der Waals surface area (Å²) in [6.45, 7) is 0.285. The molecule has 0 aliphatic heterocycles. The highest BCUT2D eigenvalue weighted by molar-refractivity contribution is 5.69. The van der Waals surface area contributed by atoms with E-state index in [-0.39, 0.29) is 32.8 Å². The fraction of sp³-hybridized carbons (Fsp3) is 0.833. The number of aliphatic hydroxyl groups is 1. The van der Waals surface area contributed by atoms with Crippen LogP contribution in [-0.2, 0) is 4.79 Å². The smallest absolute Gasteiger partial charge is 0.317 e. The quantitative estimate of drug-likeness (QED) is 0.492. The number of carboxylic acids is 1. The lowest BCUT2D eigenvalue weighted by atomic mass is 10.4. The van der Waals surface area contributed by atoms with E-state index in [0.29, 0.717) is 0 Å². The van der Waals surface area contributed by atoms with Crippen molar-refractivity contribution in [2.24, 2.45) is 5.18 Å². The van der Waals surface area contributed by atoms with Crippen LogP contribution in [0.1, 0.15) is 0 Å². The van der Waals surface area contributed by atoms with Gasteiger partial charge in [-0.05, 0) is 0 Å². The predicted octanol–water partition coefficient (Wildman–Crippen LogP) is -0.868. The van der Waals surface area contributed by atoms with Crippen molar-refractivity contribution in [1.29, 1.82) is 0 Å². The van der Waals surface area contributed by atoms with Crippen LogP contribution in [0.4, 0.5) is 0 Å². The van der Waals surface area contributed by atoms with E-state index in [1.54, 1.807) is 0 Å². The highest BCUT2D eigenvalue weighted by Gasteiger charge is 2.07. The average molecular weight is 176 g/mol. The van der Waals surface area contributed by atoms with E-state index in [1.165, 1.54) is 4.90 Å². The second-order valence-electron chi connectivity index (χ2n) is 2.25. The van der Waals surface area contributed by atoms with Gasteiger partial charge in [-0.15, -0.1) is 0 Å². The molecule has 0 atom stereocenters. The number of aliphatic hydroxyl groups excluding tert-OH is 1. The molecule has 2 N–H and O–H groups in total. The van der Waals surface area contributed by atoms with Crippen LogP contribution < -0.4 is 0 Å². The summed E-state index contributed by atoms with van der Waals surface area (Å²) < 4.78 is 0. The second kappa shape index (κ2) is 6.68. The van der Waals surface area contributed by atoms with Gasteiger partial charge in [-0.25, -0.2) is 0 Å². The summed E-state index contributed by atoms with van der Waals surface area (Å²) in [5.41, 5.74) is 0. The Labute approximate surface area is 69.8 Å². The Bertz CT molecular complexity index is 150. The lowest BCUT2D eigenvalue weighted by molar-refractivity contribution is -0.138. The van der Waals surface area contributed by atoms with Crippen molar-refractivity contribution in [2.75, 3.05) is 32.8 Å². The molecule has 0 aromatic rings. The summed E-state index contributed by atoms with van der Waals surface area (Å²) in [4.78, 5) is 21.4. The van der Waals surface area contributed by atoms with E-state index in [9.17, 15) is 9.70 Å². The van der Waals surface area contributed by atoms with Gasteiger partial charge in [0.15, 0.2) is 0 Å². The topological polar surface area (TPSA) is 90.2 Å². The molecule has 6 heteroatoms. The highest BCUT2D eigenvalue weighted by atomic mass is 16.4. The van der Waals surface area contributed by atoms with Gasteiger partial charge in [0.25, 0.3) is 0 Å². The third-order valence-electron chi connectivity index (χ3n) is 1.28. The van der Waals surface area contributed by atoms with Crippen LogP contribution in [-0.4, -0.2) is 53.9 Å². The minimum Gasteiger partial charge on any atom is -0.480 e. The molecule has 0 bridgehead atoms. The van der Waals surface area contributed by atoms with Gasteiger partial charge in [-0.3, -0.25) is 9.69 Å². The van der Waals surface area contributed by atoms with Gasteiger partial charge in [0.2, 0.25) is 0 Å². The maximum Gasteiger partial charge on any atom is 0.317 e. The van der Waals surface area contributed by atoms with Gasteiger partial charge >= 0.3 is 5.97 Å². The van der Waals surface area contributed by atoms with Crippen molar-refractivity contribution < 1.29 is 15.0 Å². The maximum absolute atomic E-state index is 10.2. The molecule has 0 spiro atoms. The lowest BCUT2D eigenvalue weighted by Gasteiger charge is -2.16. The van der Waals surface area contributed by atoms with Crippen LogP contribution in [0.3, 0.4) is 0 Å². The molecule has 0 fully saturated rings. The third-order valence-corrected chi connectivity index (χ3v) is 1.28. The summed E-state index contributed by atoms with van der Waals surface area (Å²) in [5.74, 6) is -0.977. The largest absolute Gasteiger partial charge is 0.480 e. The van der Waals surface area contributed by atoms with Gasteiger partial charge in [0.1, 0.15) is 0 Å². The van der Waals surface area contributed by atoms with Gasteiger partial charge in [0.05, 0.1) is 19.7 Å². The Morgan fingerprint density at radius 3 is 2.50 bits per heavy atom. The highest BCUT2D eigenvalue weighted by Crippen LogP contribution is 1.87. The molecule has 0 saturated carbocycles. The lowest BCUT2D eigenvalue weighted by Crippen LogP contribution is -2.34. The van der Waals surface area contributed by atoms with Crippen LogP contribution in [0.25, 0.3) is 0 Å².